The summed E-state index contributed by atoms with van der Waals surface area (Å²) in [7, 11) is 0. The van der Waals surface area contributed by atoms with Gasteiger partial charge in [-0.25, -0.2) is 9.97 Å². The molecule has 1 aliphatic carbocycles. The van der Waals surface area contributed by atoms with Gasteiger partial charge < -0.3 is 19.4 Å². The number of rotatable bonds is 4. The van der Waals surface area contributed by atoms with Crippen molar-refractivity contribution in [2.24, 2.45) is 0 Å². The van der Waals surface area contributed by atoms with E-state index < -0.39 is 11.6 Å². The maximum Gasteiger partial charge on any atom is 0.292 e. The molecule has 0 unspecified atom stereocenters. The first-order valence-corrected chi connectivity index (χ1v) is 11.7. The molecule has 4 aromatic rings. The van der Waals surface area contributed by atoms with Crippen LogP contribution in [0.2, 0.25) is 0 Å². The Morgan fingerprint density at radius 1 is 1.18 bits per heavy atom. The highest BCUT2D eigenvalue weighted by Crippen LogP contribution is 2.44. The second-order valence-electron chi connectivity index (χ2n) is 9.99. The second kappa shape index (κ2) is 7.50. The molecule has 4 heterocycles. The Hall–Kier alpha value is -3.52. The number of carbonyl (C=O) groups excluding carboxylic acids is 1. The summed E-state index contributed by atoms with van der Waals surface area (Å²) >= 11 is 0. The van der Waals surface area contributed by atoms with Gasteiger partial charge in [-0.2, -0.15) is 0 Å². The number of nitrogens with zero attached hydrogens (tertiary/aromatic N) is 4. The number of aromatic amines is 1. The highest BCUT2D eigenvalue weighted by atomic mass is 16.4. The number of nitrogens with one attached hydrogen (secondary N) is 1. The quantitative estimate of drug-likeness (QED) is 0.470. The molecule has 8 nitrogen and oxygen atoms in total. The predicted molar refractivity (Wildman–Crippen MR) is 125 cm³/mol. The van der Waals surface area contributed by atoms with E-state index in [1.165, 1.54) is 0 Å². The first-order valence-electron chi connectivity index (χ1n) is 11.7. The van der Waals surface area contributed by atoms with E-state index in [1.807, 2.05) is 36.5 Å². The van der Waals surface area contributed by atoms with E-state index in [0.29, 0.717) is 12.2 Å². The minimum absolute atomic E-state index is 0.0687. The van der Waals surface area contributed by atoms with Crippen LogP contribution < -0.4 is 0 Å². The minimum Gasteiger partial charge on any atom is -0.432 e. The topological polar surface area (TPSA) is 108 Å². The SMILES string of the molecule is C[C@@H]1CN(C(=O)c2oc(C(C)(C)O)nc2C2CC2)[C@@H](c2cc3ccccc3cn2)c2nc[nH]c21. The standard InChI is InChI=1S/C26H27N5O3/c1-14-12-31(24(32)23-20(15-8-9-15)30-25(34-23)26(2,3)33)22(21-19(14)28-13-29-21)18-10-16-6-4-5-7-17(16)11-27-18/h4-7,10-11,13-15,22,33H,8-9,12H2,1-3H3,(H,28,29)/t14-,22+/m1/s1. The number of carbonyl (C=O) groups is 1. The third kappa shape index (κ3) is 3.40. The summed E-state index contributed by atoms with van der Waals surface area (Å²) in [5, 5.41) is 12.6. The molecule has 1 aliphatic heterocycles. The number of oxazole rings is 1. The first kappa shape index (κ1) is 21.0. The van der Waals surface area contributed by atoms with Gasteiger partial charge in [-0.15, -0.1) is 0 Å². The number of hydrogen-bond acceptors (Lipinski definition) is 6. The Morgan fingerprint density at radius 2 is 1.94 bits per heavy atom. The van der Waals surface area contributed by atoms with E-state index in [2.05, 4.69) is 21.9 Å². The van der Waals surface area contributed by atoms with Crippen LogP contribution in [-0.2, 0) is 5.60 Å². The summed E-state index contributed by atoms with van der Waals surface area (Å²) in [6.07, 6.45) is 5.45. The Morgan fingerprint density at radius 3 is 2.68 bits per heavy atom. The van der Waals surface area contributed by atoms with Crippen molar-refractivity contribution in [3.05, 3.63) is 77.3 Å². The fourth-order valence-electron chi connectivity index (χ4n) is 4.83. The number of imidazole rings is 1. The van der Waals surface area contributed by atoms with Crippen molar-refractivity contribution in [1.29, 1.82) is 0 Å². The molecular weight excluding hydrogens is 430 g/mol. The van der Waals surface area contributed by atoms with Gasteiger partial charge in [0.15, 0.2) is 0 Å². The highest BCUT2D eigenvalue weighted by Gasteiger charge is 2.43. The van der Waals surface area contributed by atoms with Crippen LogP contribution >= 0.6 is 0 Å². The van der Waals surface area contributed by atoms with Crippen LogP contribution in [0, 0.1) is 0 Å². The third-order valence-electron chi connectivity index (χ3n) is 6.76. The van der Waals surface area contributed by atoms with E-state index in [-0.39, 0.29) is 29.4 Å². The molecule has 34 heavy (non-hydrogen) atoms. The van der Waals surface area contributed by atoms with Crippen molar-refractivity contribution < 1.29 is 14.3 Å². The van der Waals surface area contributed by atoms with Crippen LogP contribution in [0.5, 0.6) is 0 Å². The summed E-state index contributed by atoms with van der Waals surface area (Å²) in [5.74, 6) is 0.406. The number of aromatic nitrogens is 4. The van der Waals surface area contributed by atoms with Crippen LogP contribution in [0.3, 0.4) is 0 Å². The maximum absolute atomic E-state index is 14.1. The number of amides is 1. The van der Waals surface area contributed by atoms with Crippen molar-refractivity contribution >= 4 is 16.7 Å². The van der Waals surface area contributed by atoms with E-state index in [0.717, 1.165) is 40.7 Å². The molecular formula is C26H27N5O3. The molecule has 0 bridgehead atoms. The summed E-state index contributed by atoms with van der Waals surface area (Å²) in [4.78, 5) is 33.0. The first-order chi connectivity index (χ1) is 16.3. The molecule has 2 aliphatic rings. The van der Waals surface area contributed by atoms with Crippen LogP contribution in [-0.4, -0.2) is 42.4 Å². The van der Waals surface area contributed by atoms with Crippen molar-refractivity contribution in [1.82, 2.24) is 24.8 Å². The van der Waals surface area contributed by atoms with Gasteiger partial charge in [0.1, 0.15) is 11.6 Å². The molecule has 1 aromatic carbocycles. The van der Waals surface area contributed by atoms with Gasteiger partial charge in [-0.1, -0.05) is 31.2 Å². The van der Waals surface area contributed by atoms with Gasteiger partial charge >= 0.3 is 0 Å². The third-order valence-corrected chi connectivity index (χ3v) is 6.76. The average Bonchev–Trinajstić information content (AvgIpc) is 3.35. The van der Waals surface area contributed by atoms with Gasteiger partial charge in [-0.3, -0.25) is 9.78 Å². The smallest absolute Gasteiger partial charge is 0.292 e. The Bertz CT molecular complexity index is 1390. The molecule has 2 N–H and O–H groups in total. The van der Waals surface area contributed by atoms with Crippen molar-refractivity contribution in [3.63, 3.8) is 0 Å². The van der Waals surface area contributed by atoms with Gasteiger partial charge in [0.2, 0.25) is 11.7 Å². The fourth-order valence-corrected chi connectivity index (χ4v) is 4.83. The molecule has 8 heteroatoms. The lowest BCUT2D eigenvalue weighted by atomic mass is 9.92. The zero-order valence-electron chi connectivity index (χ0n) is 19.4. The zero-order valence-corrected chi connectivity index (χ0v) is 19.4. The number of hydrogen-bond donors (Lipinski definition) is 2. The van der Waals surface area contributed by atoms with Gasteiger partial charge in [0.25, 0.3) is 5.91 Å². The highest BCUT2D eigenvalue weighted by molar-refractivity contribution is 5.94. The largest absolute Gasteiger partial charge is 0.432 e. The summed E-state index contributed by atoms with van der Waals surface area (Å²) in [6.45, 7) is 5.79. The molecule has 3 aromatic heterocycles. The molecule has 0 saturated heterocycles. The van der Waals surface area contributed by atoms with Crippen LogP contribution in [0.25, 0.3) is 10.8 Å². The maximum atomic E-state index is 14.1. The fraction of sp³-hybridized carbons (Fsp3) is 0.385. The second-order valence-corrected chi connectivity index (χ2v) is 9.99. The van der Waals surface area contributed by atoms with E-state index >= 15 is 0 Å². The van der Waals surface area contributed by atoms with E-state index in [4.69, 9.17) is 9.40 Å². The summed E-state index contributed by atoms with van der Waals surface area (Å²) in [5.41, 5.74) is 1.94. The van der Waals surface area contributed by atoms with Gasteiger partial charge in [0, 0.05) is 35.7 Å². The van der Waals surface area contributed by atoms with Gasteiger partial charge in [-0.05, 0) is 38.1 Å². The minimum atomic E-state index is -1.27. The van der Waals surface area contributed by atoms with Crippen LogP contribution in [0.4, 0.5) is 0 Å². The lowest BCUT2D eigenvalue weighted by Crippen LogP contribution is -2.42. The normalized spacial score (nSPS) is 20.5. The molecule has 0 radical (unpaired) electrons. The number of pyridine rings is 1. The van der Waals surface area contributed by atoms with Crippen LogP contribution in [0.15, 0.2) is 47.3 Å². The van der Waals surface area contributed by atoms with E-state index in [9.17, 15) is 9.90 Å². The molecule has 1 amide bonds. The van der Waals surface area contributed by atoms with Crippen molar-refractivity contribution in [3.8, 4) is 0 Å². The van der Waals surface area contributed by atoms with Crippen molar-refractivity contribution in [2.75, 3.05) is 6.54 Å². The molecule has 1 saturated carbocycles. The Balaban J connectivity index is 1.48. The van der Waals surface area contributed by atoms with E-state index in [1.54, 1.807) is 25.1 Å². The monoisotopic (exact) mass is 457 g/mol. The van der Waals surface area contributed by atoms with Crippen LogP contribution in [0.1, 0.15) is 90.7 Å². The number of H-pyrrole nitrogens is 1. The molecule has 6 rings (SSSR count). The number of fused-ring (bicyclic) bond motifs is 2. The summed E-state index contributed by atoms with van der Waals surface area (Å²) < 4.78 is 5.95. The molecule has 2 atom stereocenters. The molecule has 1 fully saturated rings. The zero-order chi connectivity index (χ0) is 23.6. The molecule has 174 valence electrons. The summed E-state index contributed by atoms with van der Waals surface area (Å²) in [6, 6.07) is 9.60. The molecule has 0 spiro atoms. The lowest BCUT2D eigenvalue weighted by molar-refractivity contribution is 0.0437. The predicted octanol–water partition coefficient (Wildman–Crippen LogP) is 4.40. The van der Waals surface area contributed by atoms with Crippen molar-refractivity contribution in [2.45, 2.75) is 57.1 Å². The number of benzene rings is 1. The Kier molecular flexibility index (Phi) is 4.64. The van der Waals surface area contributed by atoms with Gasteiger partial charge in [0.05, 0.1) is 23.4 Å². The Labute approximate surface area is 197 Å². The average molecular weight is 458 g/mol. The number of aliphatic hydroxyl groups is 1. The lowest BCUT2D eigenvalue weighted by Gasteiger charge is -2.37.